The van der Waals surface area contributed by atoms with Crippen LogP contribution >= 0.6 is 0 Å². The first-order valence-electron chi connectivity index (χ1n) is 11.5. The molecule has 182 valence electrons. The van der Waals surface area contributed by atoms with Crippen LogP contribution in [0.5, 0.6) is 5.75 Å². The van der Waals surface area contributed by atoms with Crippen LogP contribution in [0.3, 0.4) is 0 Å². The average Bonchev–Trinajstić information content (AvgIpc) is 3.31. The van der Waals surface area contributed by atoms with Crippen molar-refractivity contribution < 1.29 is 23.5 Å². The number of methoxy groups -OCH3 is 1. The Hall–Kier alpha value is -3.79. The van der Waals surface area contributed by atoms with Gasteiger partial charge in [0.15, 0.2) is 17.3 Å². The lowest BCUT2D eigenvalue weighted by molar-refractivity contribution is -0.00203. The molecule has 1 fully saturated rings. The smallest absolute Gasteiger partial charge is 0.276 e. The van der Waals surface area contributed by atoms with Gasteiger partial charge in [0.1, 0.15) is 6.10 Å². The van der Waals surface area contributed by atoms with E-state index in [2.05, 4.69) is 10.3 Å². The van der Waals surface area contributed by atoms with E-state index in [1.54, 1.807) is 14.5 Å². The van der Waals surface area contributed by atoms with Crippen molar-refractivity contribution in [1.82, 2.24) is 24.8 Å². The Morgan fingerprint density at radius 3 is 2.37 bits per heavy atom. The van der Waals surface area contributed by atoms with E-state index in [-0.39, 0.29) is 41.5 Å². The van der Waals surface area contributed by atoms with Crippen LogP contribution in [0.2, 0.25) is 0 Å². The number of aryl methyl sites for hydroxylation is 1. The standard InChI is InChI=1S/C25H26FN5O4/c1-16-3-5-17(6-4-16)22-14-31-20(15-35-22)23(27-28-31)25(33)30-11-9-29(10-12-30)24(32)18-7-8-21(34-2)19(26)13-18/h3-8,13,22H,9-12,14-15H2,1-2H3. The molecule has 0 N–H and O–H groups in total. The van der Waals surface area contributed by atoms with E-state index in [9.17, 15) is 14.0 Å². The molecule has 3 aromatic rings. The van der Waals surface area contributed by atoms with Gasteiger partial charge < -0.3 is 19.3 Å². The van der Waals surface area contributed by atoms with Crippen LogP contribution in [0.4, 0.5) is 4.39 Å². The van der Waals surface area contributed by atoms with Gasteiger partial charge in [-0.05, 0) is 30.7 Å². The molecule has 2 amide bonds. The van der Waals surface area contributed by atoms with Crippen LogP contribution in [0.15, 0.2) is 42.5 Å². The molecule has 1 saturated heterocycles. The summed E-state index contributed by atoms with van der Waals surface area (Å²) in [4.78, 5) is 29.2. The first-order valence-corrected chi connectivity index (χ1v) is 11.5. The number of hydrogen-bond acceptors (Lipinski definition) is 6. The minimum Gasteiger partial charge on any atom is -0.494 e. The zero-order valence-electron chi connectivity index (χ0n) is 19.6. The van der Waals surface area contributed by atoms with E-state index in [1.807, 2.05) is 31.2 Å². The zero-order chi connectivity index (χ0) is 24.5. The molecule has 35 heavy (non-hydrogen) atoms. The minimum absolute atomic E-state index is 0.0862. The van der Waals surface area contributed by atoms with Crippen LogP contribution in [0.25, 0.3) is 0 Å². The number of hydrogen-bond donors (Lipinski definition) is 0. The van der Waals surface area contributed by atoms with Crippen molar-refractivity contribution in [3.8, 4) is 5.75 Å². The Kier molecular flexibility index (Phi) is 6.21. The van der Waals surface area contributed by atoms with Gasteiger partial charge in [-0.25, -0.2) is 9.07 Å². The molecule has 1 aromatic heterocycles. The molecule has 0 bridgehead atoms. The third kappa shape index (κ3) is 4.49. The first-order chi connectivity index (χ1) is 16.9. The van der Waals surface area contributed by atoms with E-state index >= 15 is 0 Å². The van der Waals surface area contributed by atoms with Gasteiger partial charge in [0.25, 0.3) is 11.8 Å². The van der Waals surface area contributed by atoms with Crippen LogP contribution < -0.4 is 4.74 Å². The zero-order valence-corrected chi connectivity index (χ0v) is 19.6. The lowest BCUT2D eigenvalue weighted by atomic mass is 10.1. The third-order valence-corrected chi connectivity index (χ3v) is 6.50. The Balaban J connectivity index is 1.22. The molecular formula is C25H26FN5O4. The number of halogens is 1. The number of piperazine rings is 1. The second-order valence-corrected chi connectivity index (χ2v) is 8.71. The fourth-order valence-corrected chi connectivity index (χ4v) is 4.40. The summed E-state index contributed by atoms with van der Waals surface area (Å²) in [5.41, 5.74) is 3.42. The lowest BCUT2D eigenvalue weighted by Gasteiger charge is -2.34. The van der Waals surface area contributed by atoms with Gasteiger partial charge in [0.05, 0.1) is 26.0 Å². The number of carbonyl (C=O) groups is 2. The predicted molar refractivity (Wildman–Crippen MR) is 123 cm³/mol. The SMILES string of the molecule is COc1ccc(C(=O)N2CCN(C(=O)c3nnn4c3COC(c3ccc(C)cc3)C4)CC2)cc1F. The van der Waals surface area contributed by atoms with Crippen LogP contribution in [0, 0.1) is 12.7 Å². The number of carbonyl (C=O) groups excluding carboxylic acids is 2. The summed E-state index contributed by atoms with van der Waals surface area (Å²) >= 11 is 0. The summed E-state index contributed by atoms with van der Waals surface area (Å²) in [6.45, 7) is 4.15. The summed E-state index contributed by atoms with van der Waals surface area (Å²) < 4.78 is 26.7. The topological polar surface area (TPSA) is 89.8 Å². The quantitative estimate of drug-likeness (QED) is 0.572. The molecule has 2 aliphatic rings. The molecule has 3 heterocycles. The van der Waals surface area contributed by atoms with Crippen molar-refractivity contribution in [3.63, 3.8) is 0 Å². The number of aromatic nitrogens is 3. The molecular weight excluding hydrogens is 453 g/mol. The van der Waals surface area contributed by atoms with Crippen LogP contribution in [0.1, 0.15) is 43.8 Å². The highest BCUT2D eigenvalue weighted by Gasteiger charge is 2.32. The predicted octanol–water partition coefficient (Wildman–Crippen LogP) is 2.60. The second kappa shape index (κ2) is 9.46. The first kappa shape index (κ1) is 23.0. The van der Waals surface area contributed by atoms with E-state index < -0.39 is 5.82 Å². The molecule has 0 aliphatic carbocycles. The van der Waals surface area contributed by atoms with Gasteiger partial charge in [0.2, 0.25) is 0 Å². The summed E-state index contributed by atoms with van der Waals surface area (Å²) in [5.74, 6) is -1.01. The van der Waals surface area contributed by atoms with Crippen molar-refractivity contribution in [2.45, 2.75) is 26.2 Å². The molecule has 10 heteroatoms. The number of ether oxygens (including phenoxy) is 2. The molecule has 1 unspecified atom stereocenters. The van der Waals surface area contributed by atoms with Crippen molar-refractivity contribution in [2.75, 3.05) is 33.3 Å². The highest BCUT2D eigenvalue weighted by molar-refractivity contribution is 5.95. The van der Waals surface area contributed by atoms with E-state index in [4.69, 9.17) is 9.47 Å². The molecule has 5 rings (SSSR count). The third-order valence-electron chi connectivity index (χ3n) is 6.50. The van der Waals surface area contributed by atoms with E-state index in [0.717, 1.165) is 5.56 Å². The maximum absolute atomic E-state index is 14.0. The van der Waals surface area contributed by atoms with Gasteiger partial charge in [0, 0.05) is 31.7 Å². The van der Waals surface area contributed by atoms with Gasteiger partial charge >= 0.3 is 0 Å². The van der Waals surface area contributed by atoms with Gasteiger partial charge in [-0.15, -0.1) is 5.10 Å². The number of nitrogens with zero attached hydrogens (tertiary/aromatic N) is 5. The van der Waals surface area contributed by atoms with Crippen LogP contribution in [-0.4, -0.2) is 69.9 Å². The van der Waals surface area contributed by atoms with Crippen molar-refractivity contribution in [3.05, 3.63) is 76.4 Å². The normalized spacial score (nSPS) is 17.7. The fourth-order valence-electron chi connectivity index (χ4n) is 4.40. The number of amides is 2. The average molecular weight is 480 g/mol. The summed E-state index contributed by atoms with van der Waals surface area (Å²) in [7, 11) is 1.37. The fraction of sp³-hybridized carbons (Fsp3) is 0.360. The van der Waals surface area contributed by atoms with Crippen LogP contribution in [-0.2, 0) is 17.9 Å². The highest BCUT2D eigenvalue weighted by Crippen LogP contribution is 2.28. The summed E-state index contributed by atoms with van der Waals surface area (Å²) in [6, 6.07) is 12.3. The molecule has 0 radical (unpaired) electrons. The lowest BCUT2D eigenvalue weighted by Crippen LogP contribution is -2.50. The molecule has 1 atom stereocenters. The Bertz CT molecular complexity index is 1250. The van der Waals surface area contributed by atoms with Gasteiger partial charge in [-0.1, -0.05) is 35.0 Å². The van der Waals surface area contributed by atoms with Gasteiger partial charge in [-0.2, -0.15) is 0 Å². The Morgan fingerprint density at radius 2 is 1.71 bits per heavy atom. The number of benzene rings is 2. The van der Waals surface area contributed by atoms with Crippen molar-refractivity contribution in [1.29, 1.82) is 0 Å². The summed E-state index contributed by atoms with van der Waals surface area (Å²) in [6.07, 6.45) is -0.148. The molecule has 0 spiro atoms. The van der Waals surface area contributed by atoms with Crippen molar-refractivity contribution in [2.24, 2.45) is 0 Å². The maximum Gasteiger partial charge on any atom is 0.276 e. The minimum atomic E-state index is -0.587. The monoisotopic (exact) mass is 479 g/mol. The molecule has 9 nitrogen and oxygen atoms in total. The molecule has 2 aliphatic heterocycles. The second-order valence-electron chi connectivity index (χ2n) is 8.71. The van der Waals surface area contributed by atoms with Crippen molar-refractivity contribution >= 4 is 11.8 Å². The van der Waals surface area contributed by atoms with Gasteiger partial charge in [-0.3, -0.25) is 9.59 Å². The van der Waals surface area contributed by atoms with E-state index in [0.29, 0.717) is 38.4 Å². The summed E-state index contributed by atoms with van der Waals surface area (Å²) in [5, 5.41) is 8.35. The largest absolute Gasteiger partial charge is 0.494 e. The van der Waals surface area contributed by atoms with E-state index in [1.165, 1.54) is 30.9 Å². The Labute approximate surface area is 202 Å². The number of rotatable bonds is 4. The highest BCUT2D eigenvalue weighted by atomic mass is 19.1. The maximum atomic E-state index is 14.0. The Morgan fingerprint density at radius 1 is 1.03 bits per heavy atom. The number of fused-ring (bicyclic) bond motifs is 1. The molecule has 0 saturated carbocycles. The molecule has 2 aromatic carbocycles.